The smallest absolute Gasteiger partial charge is 0.319 e. The molecule has 1 atom stereocenters. The molecule has 2 N–H and O–H groups in total. The van der Waals surface area contributed by atoms with Crippen LogP contribution in [-0.2, 0) is 11.3 Å². The van der Waals surface area contributed by atoms with E-state index >= 15 is 0 Å². The Hall–Kier alpha value is -2.04. The van der Waals surface area contributed by atoms with Crippen molar-refractivity contribution in [1.82, 2.24) is 10.2 Å². The van der Waals surface area contributed by atoms with Gasteiger partial charge in [-0.15, -0.1) is 0 Å². The van der Waals surface area contributed by atoms with Crippen LogP contribution in [0.4, 0.5) is 10.5 Å². The van der Waals surface area contributed by atoms with Crippen LogP contribution in [0.15, 0.2) is 24.3 Å². The van der Waals surface area contributed by atoms with E-state index in [1.807, 2.05) is 36.1 Å². The molecule has 2 rings (SSSR count). The van der Waals surface area contributed by atoms with Gasteiger partial charge in [0.1, 0.15) is 0 Å². The molecule has 132 valence electrons. The minimum absolute atomic E-state index is 0.168. The fourth-order valence-corrected chi connectivity index (χ4v) is 3.00. The molecule has 24 heavy (non-hydrogen) atoms. The highest BCUT2D eigenvalue weighted by molar-refractivity contribution is 5.89. The number of likely N-dealkylation sites (tertiary alicyclic amines) is 1. The number of urea groups is 1. The summed E-state index contributed by atoms with van der Waals surface area (Å²) in [5, 5.41) is 5.86. The van der Waals surface area contributed by atoms with Gasteiger partial charge in [-0.2, -0.15) is 0 Å². The molecule has 1 aromatic rings. The summed E-state index contributed by atoms with van der Waals surface area (Å²) in [5.41, 5.74) is 1.80. The van der Waals surface area contributed by atoms with Gasteiger partial charge in [-0.25, -0.2) is 4.79 Å². The van der Waals surface area contributed by atoms with Gasteiger partial charge in [-0.3, -0.25) is 4.79 Å². The third-order valence-electron chi connectivity index (χ3n) is 4.35. The highest BCUT2D eigenvalue weighted by Gasteiger charge is 2.20. The zero-order valence-electron chi connectivity index (χ0n) is 14.8. The second-order valence-electron chi connectivity index (χ2n) is 6.61. The van der Waals surface area contributed by atoms with Gasteiger partial charge < -0.3 is 15.5 Å². The Balaban J connectivity index is 1.82. The first kappa shape index (κ1) is 18.3. The molecule has 0 aliphatic carbocycles. The molecule has 1 aliphatic heterocycles. The van der Waals surface area contributed by atoms with Crippen molar-refractivity contribution in [3.63, 3.8) is 0 Å². The summed E-state index contributed by atoms with van der Waals surface area (Å²) in [5.74, 6) is 0.215. The second kappa shape index (κ2) is 9.30. The van der Waals surface area contributed by atoms with E-state index in [9.17, 15) is 9.59 Å². The van der Waals surface area contributed by atoms with Crippen LogP contribution < -0.4 is 10.6 Å². The molecular weight excluding hydrogens is 302 g/mol. The van der Waals surface area contributed by atoms with Crippen LogP contribution in [0.5, 0.6) is 0 Å². The molecule has 3 amide bonds. The summed E-state index contributed by atoms with van der Waals surface area (Å²) in [6.07, 6.45) is 6.11. The first-order valence-corrected chi connectivity index (χ1v) is 9.02. The Kier molecular flexibility index (Phi) is 7.09. The van der Waals surface area contributed by atoms with E-state index in [0.717, 1.165) is 37.1 Å². The molecule has 0 aromatic heterocycles. The molecule has 0 spiro atoms. The standard InChI is InChI=1S/C19H29N3O2/c1-3-4-5-8-15(2)20-19(24)21-17-10-6-9-16(13-17)14-22-12-7-11-18(22)23/h6,9-10,13,15H,3-5,7-8,11-12,14H2,1-2H3,(H2,20,21,24)/t15-/m0/s1. The van der Waals surface area contributed by atoms with Crippen LogP contribution in [0.3, 0.4) is 0 Å². The monoisotopic (exact) mass is 331 g/mol. The Morgan fingerprint density at radius 2 is 2.17 bits per heavy atom. The molecule has 1 aliphatic rings. The van der Waals surface area contributed by atoms with Crippen molar-refractivity contribution in [1.29, 1.82) is 0 Å². The molecule has 0 bridgehead atoms. The number of nitrogens with one attached hydrogen (secondary N) is 2. The Morgan fingerprint density at radius 1 is 1.33 bits per heavy atom. The molecule has 0 unspecified atom stereocenters. The summed E-state index contributed by atoms with van der Waals surface area (Å²) in [6, 6.07) is 7.71. The largest absolute Gasteiger partial charge is 0.338 e. The molecule has 1 fully saturated rings. The molecule has 1 heterocycles. The van der Waals surface area contributed by atoms with Crippen molar-refractivity contribution >= 4 is 17.6 Å². The molecule has 5 heteroatoms. The lowest BCUT2D eigenvalue weighted by atomic mass is 10.1. The van der Waals surface area contributed by atoms with Crippen LogP contribution in [0.25, 0.3) is 0 Å². The number of rotatable bonds is 8. The molecule has 1 saturated heterocycles. The minimum Gasteiger partial charge on any atom is -0.338 e. The molecular formula is C19H29N3O2. The maximum absolute atomic E-state index is 12.1. The number of nitrogens with zero attached hydrogens (tertiary/aromatic N) is 1. The van der Waals surface area contributed by atoms with Gasteiger partial charge in [0, 0.05) is 31.2 Å². The molecule has 1 aromatic carbocycles. The van der Waals surface area contributed by atoms with Crippen molar-refractivity contribution < 1.29 is 9.59 Å². The zero-order chi connectivity index (χ0) is 17.4. The van der Waals surface area contributed by atoms with E-state index in [0.29, 0.717) is 13.0 Å². The highest BCUT2D eigenvalue weighted by Crippen LogP contribution is 2.17. The number of hydrogen-bond acceptors (Lipinski definition) is 2. The number of carbonyl (C=O) groups excluding carboxylic acids is 2. The fourth-order valence-electron chi connectivity index (χ4n) is 3.00. The zero-order valence-corrected chi connectivity index (χ0v) is 14.8. The highest BCUT2D eigenvalue weighted by atomic mass is 16.2. The quantitative estimate of drug-likeness (QED) is 0.710. The van der Waals surface area contributed by atoms with Crippen molar-refractivity contribution in [2.45, 2.75) is 65.0 Å². The van der Waals surface area contributed by atoms with Gasteiger partial charge >= 0.3 is 6.03 Å². The van der Waals surface area contributed by atoms with Crippen LogP contribution >= 0.6 is 0 Å². The number of carbonyl (C=O) groups is 2. The summed E-state index contributed by atoms with van der Waals surface area (Å²) in [4.78, 5) is 25.7. The van der Waals surface area contributed by atoms with Gasteiger partial charge in [0.05, 0.1) is 0 Å². The van der Waals surface area contributed by atoms with Crippen LogP contribution in [0.2, 0.25) is 0 Å². The van der Waals surface area contributed by atoms with Crippen molar-refractivity contribution in [3.05, 3.63) is 29.8 Å². The average Bonchev–Trinajstić information content (AvgIpc) is 2.93. The van der Waals surface area contributed by atoms with Crippen molar-refractivity contribution in [2.75, 3.05) is 11.9 Å². The average molecular weight is 331 g/mol. The maximum Gasteiger partial charge on any atom is 0.319 e. The van der Waals surface area contributed by atoms with Crippen molar-refractivity contribution in [3.8, 4) is 0 Å². The van der Waals surface area contributed by atoms with Crippen LogP contribution in [0.1, 0.15) is 57.9 Å². The summed E-state index contributed by atoms with van der Waals surface area (Å²) >= 11 is 0. The first-order valence-electron chi connectivity index (χ1n) is 9.02. The van der Waals surface area contributed by atoms with E-state index < -0.39 is 0 Å². The third kappa shape index (κ3) is 5.87. The van der Waals surface area contributed by atoms with Crippen molar-refractivity contribution in [2.24, 2.45) is 0 Å². The Labute approximate surface area is 144 Å². The topological polar surface area (TPSA) is 61.4 Å². The van der Waals surface area contributed by atoms with E-state index in [-0.39, 0.29) is 18.0 Å². The lowest BCUT2D eigenvalue weighted by Crippen LogP contribution is -2.36. The lowest BCUT2D eigenvalue weighted by Gasteiger charge is -2.17. The number of amides is 3. The number of benzene rings is 1. The van der Waals surface area contributed by atoms with Gasteiger partial charge in [0.2, 0.25) is 5.91 Å². The van der Waals surface area contributed by atoms with Crippen LogP contribution in [-0.4, -0.2) is 29.4 Å². The van der Waals surface area contributed by atoms with Gasteiger partial charge in [-0.1, -0.05) is 38.3 Å². The Bertz CT molecular complexity index is 559. The van der Waals surface area contributed by atoms with Gasteiger partial charge in [-0.05, 0) is 37.5 Å². The predicted octanol–water partition coefficient (Wildman–Crippen LogP) is 3.90. The summed E-state index contributed by atoms with van der Waals surface area (Å²) in [6.45, 7) is 5.65. The van der Waals surface area contributed by atoms with E-state index in [4.69, 9.17) is 0 Å². The Morgan fingerprint density at radius 3 is 2.88 bits per heavy atom. The predicted molar refractivity (Wildman–Crippen MR) is 96.9 cm³/mol. The van der Waals surface area contributed by atoms with Gasteiger partial charge in [0.15, 0.2) is 0 Å². The number of anilines is 1. The molecule has 0 saturated carbocycles. The summed E-state index contributed by atoms with van der Waals surface area (Å²) < 4.78 is 0. The van der Waals surface area contributed by atoms with E-state index in [2.05, 4.69) is 17.6 Å². The third-order valence-corrected chi connectivity index (χ3v) is 4.35. The van der Waals surface area contributed by atoms with Crippen LogP contribution in [0, 0.1) is 0 Å². The molecule has 0 radical (unpaired) electrons. The lowest BCUT2D eigenvalue weighted by molar-refractivity contribution is -0.128. The second-order valence-corrected chi connectivity index (χ2v) is 6.61. The first-order chi connectivity index (χ1) is 11.6. The fraction of sp³-hybridized carbons (Fsp3) is 0.579. The number of hydrogen-bond donors (Lipinski definition) is 2. The van der Waals surface area contributed by atoms with E-state index in [1.54, 1.807) is 0 Å². The maximum atomic E-state index is 12.1. The summed E-state index contributed by atoms with van der Waals surface area (Å²) in [7, 11) is 0. The minimum atomic E-state index is -0.173. The van der Waals surface area contributed by atoms with E-state index in [1.165, 1.54) is 12.8 Å². The number of unbranched alkanes of at least 4 members (excludes halogenated alkanes) is 2. The normalized spacial score (nSPS) is 15.4. The SMILES string of the molecule is CCCCC[C@H](C)NC(=O)Nc1cccc(CN2CCCC2=O)c1. The van der Waals surface area contributed by atoms with Gasteiger partial charge in [0.25, 0.3) is 0 Å². The molecule has 5 nitrogen and oxygen atoms in total.